The molecular formula is C16H17N3O2. The Morgan fingerprint density at radius 3 is 2.38 bits per heavy atom. The summed E-state index contributed by atoms with van der Waals surface area (Å²) in [4.78, 5) is 1.46. The van der Waals surface area contributed by atoms with Gasteiger partial charge in [-0.2, -0.15) is 0 Å². The SMILES string of the molecule is CC(C)OCc1ccc(O)c(-n2nc3ccccc3n2)c1. The lowest BCUT2D eigenvalue weighted by atomic mass is 10.2. The first-order valence-corrected chi connectivity index (χ1v) is 6.89. The van der Waals surface area contributed by atoms with E-state index >= 15 is 0 Å². The maximum Gasteiger partial charge on any atom is 0.143 e. The summed E-state index contributed by atoms with van der Waals surface area (Å²) in [7, 11) is 0. The Labute approximate surface area is 122 Å². The highest BCUT2D eigenvalue weighted by atomic mass is 16.5. The molecule has 0 unspecified atom stereocenters. The van der Waals surface area contributed by atoms with Crippen LogP contribution < -0.4 is 0 Å². The third-order valence-corrected chi connectivity index (χ3v) is 3.13. The number of hydrogen-bond acceptors (Lipinski definition) is 4. The van der Waals surface area contributed by atoms with Crippen LogP contribution in [0.2, 0.25) is 0 Å². The van der Waals surface area contributed by atoms with E-state index in [0.717, 1.165) is 16.6 Å². The zero-order valence-electron chi connectivity index (χ0n) is 12.0. The lowest BCUT2D eigenvalue weighted by Crippen LogP contribution is -2.04. The molecule has 108 valence electrons. The number of ether oxygens (including phenoxy) is 1. The molecule has 0 atom stereocenters. The molecule has 1 aromatic heterocycles. The van der Waals surface area contributed by atoms with Crippen molar-refractivity contribution >= 4 is 11.0 Å². The highest BCUT2D eigenvalue weighted by Gasteiger charge is 2.10. The van der Waals surface area contributed by atoms with E-state index in [0.29, 0.717) is 12.3 Å². The Hall–Kier alpha value is -2.40. The fourth-order valence-electron chi connectivity index (χ4n) is 2.05. The number of fused-ring (bicyclic) bond motifs is 1. The van der Waals surface area contributed by atoms with Crippen molar-refractivity contribution in [1.82, 2.24) is 15.0 Å². The van der Waals surface area contributed by atoms with E-state index in [9.17, 15) is 5.11 Å². The Morgan fingerprint density at radius 2 is 1.76 bits per heavy atom. The number of rotatable bonds is 4. The first-order chi connectivity index (χ1) is 10.1. The summed E-state index contributed by atoms with van der Waals surface area (Å²) in [5.41, 5.74) is 3.11. The van der Waals surface area contributed by atoms with Crippen molar-refractivity contribution in [2.45, 2.75) is 26.6 Å². The molecule has 0 saturated carbocycles. The second-order valence-corrected chi connectivity index (χ2v) is 5.16. The molecule has 0 fully saturated rings. The van der Waals surface area contributed by atoms with Gasteiger partial charge < -0.3 is 9.84 Å². The quantitative estimate of drug-likeness (QED) is 0.799. The predicted molar refractivity (Wildman–Crippen MR) is 80.5 cm³/mol. The van der Waals surface area contributed by atoms with Crippen LogP contribution in [0.1, 0.15) is 19.4 Å². The first-order valence-electron chi connectivity index (χ1n) is 6.89. The fourth-order valence-corrected chi connectivity index (χ4v) is 2.05. The van der Waals surface area contributed by atoms with Crippen molar-refractivity contribution in [2.75, 3.05) is 0 Å². The van der Waals surface area contributed by atoms with Crippen molar-refractivity contribution in [2.24, 2.45) is 0 Å². The summed E-state index contributed by atoms with van der Waals surface area (Å²) < 4.78 is 5.59. The molecule has 0 amide bonds. The normalized spacial score (nSPS) is 11.4. The smallest absolute Gasteiger partial charge is 0.143 e. The number of nitrogens with zero attached hydrogens (tertiary/aromatic N) is 3. The van der Waals surface area contributed by atoms with Crippen LogP contribution >= 0.6 is 0 Å². The summed E-state index contributed by atoms with van der Waals surface area (Å²) >= 11 is 0. The number of phenols is 1. The van der Waals surface area contributed by atoms with Crippen LogP contribution in [0.4, 0.5) is 0 Å². The van der Waals surface area contributed by atoms with Crippen LogP contribution in [-0.2, 0) is 11.3 Å². The lowest BCUT2D eigenvalue weighted by Gasteiger charge is -2.09. The molecule has 0 saturated heterocycles. The minimum Gasteiger partial charge on any atom is -0.506 e. The van der Waals surface area contributed by atoms with E-state index in [-0.39, 0.29) is 11.9 Å². The van der Waals surface area contributed by atoms with Crippen molar-refractivity contribution in [3.05, 3.63) is 48.0 Å². The predicted octanol–water partition coefficient (Wildman–Crippen LogP) is 3.05. The Morgan fingerprint density at radius 1 is 1.10 bits per heavy atom. The number of benzene rings is 2. The van der Waals surface area contributed by atoms with E-state index in [1.165, 1.54) is 4.80 Å². The molecule has 3 aromatic rings. The van der Waals surface area contributed by atoms with Crippen LogP contribution in [0.5, 0.6) is 5.75 Å². The molecule has 0 aliphatic carbocycles. The lowest BCUT2D eigenvalue weighted by molar-refractivity contribution is 0.0657. The average molecular weight is 283 g/mol. The zero-order valence-corrected chi connectivity index (χ0v) is 12.0. The molecule has 1 N–H and O–H groups in total. The molecule has 0 aliphatic rings. The van der Waals surface area contributed by atoms with Crippen molar-refractivity contribution in [1.29, 1.82) is 0 Å². The first kappa shape index (κ1) is 13.6. The number of phenolic OH excluding ortho intramolecular Hbond substituents is 1. The van der Waals surface area contributed by atoms with Gasteiger partial charge in [0.05, 0.1) is 12.7 Å². The van der Waals surface area contributed by atoms with Crippen molar-refractivity contribution in [3.63, 3.8) is 0 Å². The number of aromatic hydroxyl groups is 1. The van der Waals surface area contributed by atoms with E-state index in [1.807, 2.05) is 50.2 Å². The van der Waals surface area contributed by atoms with E-state index in [4.69, 9.17) is 4.74 Å². The maximum atomic E-state index is 10.0. The zero-order chi connectivity index (χ0) is 14.8. The van der Waals surface area contributed by atoms with Crippen LogP contribution in [0.3, 0.4) is 0 Å². The molecule has 5 nitrogen and oxygen atoms in total. The van der Waals surface area contributed by atoms with Gasteiger partial charge in [0.15, 0.2) is 0 Å². The monoisotopic (exact) mass is 283 g/mol. The highest BCUT2D eigenvalue weighted by Crippen LogP contribution is 2.23. The molecule has 1 heterocycles. The topological polar surface area (TPSA) is 60.2 Å². The summed E-state index contributed by atoms with van der Waals surface area (Å²) in [5.74, 6) is 0.142. The van der Waals surface area contributed by atoms with Gasteiger partial charge in [0.2, 0.25) is 0 Å². The summed E-state index contributed by atoms with van der Waals surface area (Å²) in [6.45, 7) is 4.47. The molecule has 5 heteroatoms. The standard InChI is InChI=1S/C16H17N3O2/c1-11(2)21-10-12-7-8-16(20)15(9-12)19-17-13-5-3-4-6-14(13)18-19/h3-9,11,20H,10H2,1-2H3. The Bertz CT molecular complexity index is 732. The molecule has 2 aromatic carbocycles. The van der Waals surface area contributed by atoms with E-state index in [1.54, 1.807) is 6.07 Å². The highest BCUT2D eigenvalue weighted by molar-refractivity contribution is 5.73. The fraction of sp³-hybridized carbons (Fsp3) is 0.250. The van der Waals surface area contributed by atoms with Gasteiger partial charge in [0, 0.05) is 0 Å². The van der Waals surface area contributed by atoms with Gasteiger partial charge in [0.1, 0.15) is 22.5 Å². The molecule has 21 heavy (non-hydrogen) atoms. The van der Waals surface area contributed by atoms with Gasteiger partial charge in [0.25, 0.3) is 0 Å². The third kappa shape index (κ3) is 2.87. The van der Waals surface area contributed by atoms with Crippen molar-refractivity contribution in [3.8, 4) is 11.4 Å². The second-order valence-electron chi connectivity index (χ2n) is 5.16. The van der Waals surface area contributed by atoms with Gasteiger partial charge >= 0.3 is 0 Å². The van der Waals surface area contributed by atoms with Crippen LogP contribution in [-0.4, -0.2) is 26.2 Å². The maximum absolute atomic E-state index is 10.0. The van der Waals surface area contributed by atoms with E-state index < -0.39 is 0 Å². The molecular weight excluding hydrogens is 266 g/mol. The summed E-state index contributed by atoms with van der Waals surface area (Å²) in [5, 5.41) is 18.8. The molecule has 0 aliphatic heterocycles. The Kier molecular flexibility index (Phi) is 3.58. The number of aromatic nitrogens is 3. The van der Waals surface area contributed by atoms with Gasteiger partial charge in [-0.05, 0) is 43.7 Å². The molecule has 0 bridgehead atoms. The van der Waals surface area contributed by atoms with Gasteiger partial charge in [-0.3, -0.25) is 0 Å². The van der Waals surface area contributed by atoms with Crippen LogP contribution in [0.25, 0.3) is 16.7 Å². The minimum atomic E-state index is 0.142. The van der Waals surface area contributed by atoms with Gasteiger partial charge in [-0.25, -0.2) is 0 Å². The van der Waals surface area contributed by atoms with Crippen molar-refractivity contribution < 1.29 is 9.84 Å². The van der Waals surface area contributed by atoms with Crippen LogP contribution in [0.15, 0.2) is 42.5 Å². The third-order valence-electron chi connectivity index (χ3n) is 3.13. The molecule has 0 spiro atoms. The van der Waals surface area contributed by atoms with Crippen LogP contribution in [0, 0.1) is 0 Å². The van der Waals surface area contributed by atoms with Gasteiger partial charge in [-0.1, -0.05) is 18.2 Å². The number of hydrogen-bond donors (Lipinski definition) is 1. The molecule has 0 radical (unpaired) electrons. The summed E-state index contributed by atoms with van der Waals surface area (Å²) in [6.07, 6.45) is 0.160. The largest absolute Gasteiger partial charge is 0.506 e. The minimum absolute atomic E-state index is 0.142. The Balaban J connectivity index is 1.98. The molecule has 3 rings (SSSR count). The summed E-state index contributed by atoms with van der Waals surface area (Å²) in [6, 6.07) is 12.9. The second kappa shape index (κ2) is 5.54. The van der Waals surface area contributed by atoms with Gasteiger partial charge in [-0.15, -0.1) is 15.0 Å². The van der Waals surface area contributed by atoms with E-state index in [2.05, 4.69) is 10.2 Å². The average Bonchev–Trinajstić information content (AvgIpc) is 2.90.